The molecule has 44 heavy (non-hydrogen) atoms. The summed E-state index contributed by atoms with van der Waals surface area (Å²) in [5.74, 6) is 1.41. The predicted octanol–water partition coefficient (Wildman–Crippen LogP) is 0.675. The van der Waals surface area contributed by atoms with Crippen molar-refractivity contribution in [2.24, 2.45) is 46.3 Å². The van der Waals surface area contributed by atoms with Gasteiger partial charge in [-0.1, -0.05) is 27.7 Å². The molecule has 0 amide bonds. The van der Waals surface area contributed by atoms with Crippen LogP contribution in [0.3, 0.4) is 0 Å². The van der Waals surface area contributed by atoms with E-state index in [1.807, 2.05) is 6.92 Å². The van der Waals surface area contributed by atoms with Crippen molar-refractivity contribution >= 4 is 0 Å². The lowest BCUT2D eigenvalue weighted by Gasteiger charge is -2.66. The highest BCUT2D eigenvalue weighted by atomic mass is 16.7. The van der Waals surface area contributed by atoms with Crippen LogP contribution in [0.5, 0.6) is 0 Å². The number of hydrogen-bond donors (Lipinski definition) is 7. The van der Waals surface area contributed by atoms with Crippen LogP contribution in [0.25, 0.3) is 0 Å². The molecule has 0 radical (unpaired) electrons. The van der Waals surface area contributed by atoms with Crippen LogP contribution in [0.4, 0.5) is 0 Å². The molecule has 0 unspecified atom stereocenters. The molecule has 0 aromatic rings. The van der Waals surface area contributed by atoms with E-state index in [1.165, 1.54) is 0 Å². The molecule has 252 valence electrons. The Labute approximate surface area is 259 Å². The average molecular weight is 627 g/mol. The first-order valence-electron chi connectivity index (χ1n) is 17.1. The van der Waals surface area contributed by atoms with Gasteiger partial charge in [0.1, 0.15) is 30.5 Å². The van der Waals surface area contributed by atoms with Crippen LogP contribution in [0.1, 0.15) is 79.1 Å². The largest absolute Gasteiger partial charge is 0.394 e. The number of ether oxygens (including phenoxy) is 4. The Morgan fingerprint density at radius 2 is 1.61 bits per heavy atom. The second-order valence-electron chi connectivity index (χ2n) is 16.3. The van der Waals surface area contributed by atoms with Crippen molar-refractivity contribution < 1.29 is 54.7 Å². The minimum Gasteiger partial charge on any atom is -0.394 e. The van der Waals surface area contributed by atoms with E-state index in [2.05, 4.69) is 20.8 Å². The fourth-order valence-electron chi connectivity index (χ4n) is 11.8. The summed E-state index contributed by atoms with van der Waals surface area (Å²) in [4.78, 5) is 0. The maximum atomic E-state index is 12.3. The summed E-state index contributed by atoms with van der Waals surface area (Å²) < 4.78 is 24.8. The van der Waals surface area contributed by atoms with Crippen molar-refractivity contribution in [3.05, 3.63) is 0 Å². The molecule has 7 aliphatic rings. The summed E-state index contributed by atoms with van der Waals surface area (Å²) >= 11 is 0. The Hall–Kier alpha value is -0.440. The van der Waals surface area contributed by atoms with Crippen LogP contribution < -0.4 is 0 Å². The van der Waals surface area contributed by atoms with E-state index < -0.39 is 72.4 Å². The molecule has 3 saturated heterocycles. The first kappa shape index (κ1) is 32.1. The zero-order valence-corrected chi connectivity index (χ0v) is 26.5. The number of hydrogen-bond acceptors (Lipinski definition) is 11. The fraction of sp³-hybridized carbons (Fsp3) is 1.00. The van der Waals surface area contributed by atoms with Crippen molar-refractivity contribution in [2.75, 3.05) is 13.2 Å². The predicted molar refractivity (Wildman–Crippen MR) is 155 cm³/mol. The molecule has 4 saturated carbocycles. The average Bonchev–Trinajstić information content (AvgIpc) is 3.44. The number of aliphatic hydroxyl groups is 7. The van der Waals surface area contributed by atoms with Gasteiger partial charge in [-0.25, -0.2) is 0 Å². The minimum atomic E-state index is -1.64. The first-order chi connectivity index (χ1) is 20.7. The molecule has 0 aromatic carbocycles. The van der Waals surface area contributed by atoms with Crippen LogP contribution in [0, 0.1) is 46.3 Å². The van der Waals surface area contributed by atoms with Gasteiger partial charge in [0.15, 0.2) is 12.1 Å². The van der Waals surface area contributed by atoms with Gasteiger partial charge in [-0.2, -0.15) is 0 Å². The molecule has 1 spiro atoms. The van der Waals surface area contributed by atoms with Crippen LogP contribution >= 0.6 is 0 Å². The SMILES string of the molecule is C[C@H]1CC[C@@]2(OC1)O[C@H]1C[C@H]3[C@@H]4CC[C@]5(O)C[C@@H](O[C@@H]6O[C@H](CO)[C@@H](O)[C@H](O)[C@H]6O)[C@@H](O)[C@@H](O)[C@]5(C)[C@H]4CC[C@]3(C)[C@H]1[C@@H]2C. The number of fused-ring (bicyclic) bond motifs is 7. The van der Waals surface area contributed by atoms with Gasteiger partial charge in [-0.05, 0) is 73.5 Å². The van der Waals surface area contributed by atoms with E-state index in [0.29, 0.717) is 30.1 Å². The highest BCUT2D eigenvalue weighted by Gasteiger charge is 2.73. The molecule has 7 N–H and O–H groups in total. The standard InChI is InChI=1S/C33H54O11/c1-15-5-10-33(41-14-15)16(2)23-20(44-33)11-19-17-6-9-32(40)12-21(42-29-27(38)26(37)24(35)22(13-34)43-29)25(36)28(39)31(32,4)18(17)7-8-30(19,23)3/h15-29,34-40H,5-14H2,1-4H3/t15-,16-,17+,18-,19-,20-,21+,22+,23-,24+,25+,26-,27+,28+,29+,30-,31-,32-,33+/m0/s1. The third-order valence-electron chi connectivity index (χ3n) is 14.4. The van der Waals surface area contributed by atoms with E-state index in [-0.39, 0.29) is 29.8 Å². The smallest absolute Gasteiger partial charge is 0.187 e. The molecule has 0 aromatic heterocycles. The van der Waals surface area contributed by atoms with Crippen molar-refractivity contribution in [1.29, 1.82) is 0 Å². The molecular formula is C33H54O11. The van der Waals surface area contributed by atoms with Gasteiger partial charge in [0, 0.05) is 24.2 Å². The molecule has 7 fully saturated rings. The van der Waals surface area contributed by atoms with Gasteiger partial charge in [0.25, 0.3) is 0 Å². The van der Waals surface area contributed by atoms with Gasteiger partial charge in [-0.3, -0.25) is 0 Å². The van der Waals surface area contributed by atoms with Crippen LogP contribution in [0.2, 0.25) is 0 Å². The molecule has 19 atom stereocenters. The van der Waals surface area contributed by atoms with Crippen molar-refractivity contribution in [3.63, 3.8) is 0 Å². The summed E-state index contributed by atoms with van der Waals surface area (Å²) in [6.07, 6.45) is -5.02. The van der Waals surface area contributed by atoms with E-state index >= 15 is 0 Å². The zero-order chi connectivity index (χ0) is 31.6. The lowest BCUT2D eigenvalue weighted by molar-refractivity contribution is -0.346. The van der Waals surface area contributed by atoms with Crippen LogP contribution in [-0.4, -0.2) is 115 Å². The van der Waals surface area contributed by atoms with Gasteiger partial charge in [-0.15, -0.1) is 0 Å². The highest BCUT2D eigenvalue weighted by molar-refractivity contribution is 5.20. The van der Waals surface area contributed by atoms with Crippen molar-refractivity contribution in [1.82, 2.24) is 0 Å². The summed E-state index contributed by atoms with van der Waals surface area (Å²) in [6, 6.07) is 0. The summed E-state index contributed by atoms with van der Waals surface area (Å²) in [7, 11) is 0. The van der Waals surface area contributed by atoms with Crippen molar-refractivity contribution in [3.8, 4) is 0 Å². The Kier molecular flexibility index (Phi) is 7.87. The molecule has 11 heteroatoms. The Balaban J connectivity index is 1.10. The van der Waals surface area contributed by atoms with Gasteiger partial charge in [0.05, 0.1) is 37.1 Å². The second kappa shape index (κ2) is 10.8. The maximum absolute atomic E-state index is 12.3. The normalized spacial score (nSPS) is 62.1. The monoisotopic (exact) mass is 626 g/mol. The van der Waals surface area contributed by atoms with E-state index in [4.69, 9.17) is 18.9 Å². The van der Waals surface area contributed by atoms with Gasteiger partial charge in [0.2, 0.25) is 0 Å². The first-order valence-corrected chi connectivity index (χ1v) is 17.1. The molecule has 0 bridgehead atoms. The van der Waals surface area contributed by atoms with E-state index in [9.17, 15) is 35.7 Å². The third-order valence-corrected chi connectivity index (χ3v) is 14.4. The Morgan fingerprint density at radius 3 is 2.30 bits per heavy atom. The molecule has 3 aliphatic heterocycles. The van der Waals surface area contributed by atoms with E-state index in [0.717, 1.165) is 45.1 Å². The molecule has 3 heterocycles. The summed E-state index contributed by atoms with van der Waals surface area (Å²) in [6.45, 7) is 9.04. The zero-order valence-electron chi connectivity index (χ0n) is 26.5. The molecular weight excluding hydrogens is 572 g/mol. The van der Waals surface area contributed by atoms with Crippen LogP contribution in [-0.2, 0) is 18.9 Å². The van der Waals surface area contributed by atoms with Gasteiger partial charge >= 0.3 is 0 Å². The number of rotatable bonds is 3. The topological polar surface area (TPSA) is 179 Å². The van der Waals surface area contributed by atoms with E-state index in [1.54, 1.807) is 0 Å². The van der Waals surface area contributed by atoms with Gasteiger partial charge < -0.3 is 54.7 Å². The number of aliphatic hydroxyl groups excluding tert-OH is 6. The Morgan fingerprint density at radius 1 is 0.864 bits per heavy atom. The summed E-state index contributed by atoms with van der Waals surface area (Å²) in [5.41, 5.74) is -2.26. The maximum Gasteiger partial charge on any atom is 0.187 e. The van der Waals surface area contributed by atoms with Crippen LogP contribution in [0.15, 0.2) is 0 Å². The summed E-state index contributed by atoms with van der Waals surface area (Å²) in [5, 5.41) is 76.1. The third kappa shape index (κ3) is 4.27. The lowest BCUT2D eigenvalue weighted by atomic mass is 9.42. The highest BCUT2D eigenvalue weighted by Crippen LogP contribution is 2.72. The minimum absolute atomic E-state index is 0.00735. The fourth-order valence-corrected chi connectivity index (χ4v) is 11.8. The molecule has 11 nitrogen and oxygen atoms in total. The Bertz CT molecular complexity index is 1080. The molecule has 4 aliphatic carbocycles. The van der Waals surface area contributed by atoms with Crippen molar-refractivity contribution in [2.45, 2.75) is 146 Å². The quantitative estimate of drug-likeness (QED) is 0.219. The molecule has 7 rings (SSSR count). The second-order valence-corrected chi connectivity index (χ2v) is 16.3. The lowest BCUT2D eigenvalue weighted by Crippen LogP contribution is -2.72.